The minimum Gasteiger partial charge on any atom is -0.478 e. The molecule has 0 spiro atoms. The van der Waals surface area contributed by atoms with Crippen molar-refractivity contribution in [2.24, 2.45) is 0 Å². The quantitative estimate of drug-likeness (QED) is 0.860. The van der Waals surface area contributed by atoms with Crippen molar-refractivity contribution in [1.82, 2.24) is 0 Å². The molecule has 1 N–H and O–H groups in total. The molecule has 3 nitrogen and oxygen atoms in total. The molecule has 0 amide bonds. The van der Waals surface area contributed by atoms with Crippen LogP contribution in [0.2, 0.25) is 0 Å². The Labute approximate surface area is 101 Å². The lowest BCUT2D eigenvalue weighted by atomic mass is 10.1. The van der Waals surface area contributed by atoms with Crippen LogP contribution in [0, 0.1) is 9.39 Å². The minimum absolute atomic E-state index is 0.0131. The summed E-state index contributed by atoms with van der Waals surface area (Å²) in [6.07, 6.45) is 0. The van der Waals surface area contributed by atoms with Crippen LogP contribution in [0.25, 0.3) is 10.8 Å². The van der Waals surface area contributed by atoms with Gasteiger partial charge in [-0.1, -0.05) is 18.2 Å². The second-order valence-electron chi connectivity index (χ2n) is 3.14. The molecule has 0 atom stereocenters. The van der Waals surface area contributed by atoms with Crippen molar-refractivity contribution >= 4 is 37.9 Å². The number of rotatable bonds is 2. The number of fused-ring (bicyclic) bond motifs is 1. The maximum absolute atomic E-state index is 13.4. The second-order valence-corrected chi connectivity index (χ2v) is 4.66. The number of carboxylic acid groups (broad SMARTS) is 1. The van der Waals surface area contributed by atoms with Crippen LogP contribution < -0.4 is 0 Å². The Kier molecular flexibility index (Phi) is 2.95. The van der Waals surface area contributed by atoms with Gasteiger partial charge in [0.1, 0.15) is 5.82 Å². The van der Waals surface area contributed by atoms with Gasteiger partial charge in [0.05, 0.1) is 9.13 Å². The number of hydrogen-bond donors (Lipinski definition) is 1. The third-order valence-corrected chi connectivity index (χ3v) is 3.85. The van der Waals surface area contributed by atoms with Crippen molar-refractivity contribution in [3.8, 4) is 0 Å². The molecule has 2 aromatic rings. The van der Waals surface area contributed by atoms with E-state index < -0.39 is 33.0 Å². The molecule has 0 aliphatic rings. The van der Waals surface area contributed by atoms with Gasteiger partial charge in [0.15, 0.2) is 21.2 Å². The monoisotopic (exact) mass is 332 g/mol. The topological polar surface area (TPSA) is 54.4 Å². The Bertz CT molecular complexity index is 595. The molecule has 2 aromatic carbocycles. The van der Waals surface area contributed by atoms with Gasteiger partial charge >= 0.3 is 5.97 Å². The Morgan fingerprint density at radius 2 is 1.94 bits per heavy atom. The Hall–Kier alpha value is -1.37. The molecule has 0 saturated heterocycles. The number of hydrogen-bond acceptors (Lipinski definition) is 2. The number of halogens is 2. The van der Waals surface area contributed by atoms with Gasteiger partial charge in [-0.3, -0.25) is 3.07 Å². The van der Waals surface area contributed by atoms with Gasteiger partial charge < -0.3 is 5.11 Å². The van der Waals surface area contributed by atoms with Crippen LogP contribution >= 0.6 is 21.2 Å². The zero-order valence-electron chi connectivity index (χ0n) is 7.91. The van der Waals surface area contributed by atoms with Crippen LogP contribution in [0.4, 0.5) is 4.39 Å². The molecule has 5 heteroatoms. The first-order valence-corrected chi connectivity index (χ1v) is 6.32. The van der Waals surface area contributed by atoms with E-state index in [4.69, 9.17) is 5.11 Å². The van der Waals surface area contributed by atoms with Crippen molar-refractivity contribution in [2.75, 3.05) is 0 Å². The fourth-order valence-corrected chi connectivity index (χ4v) is 2.89. The lowest BCUT2D eigenvalue weighted by Gasteiger charge is -2.04. The molecule has 0 aromatic heterocycles. The van der Waals surface area contributed by atoms with Crippen molar-refractivity contribution < 1.29 is 17.4 Å². The van der Waals surface area contributed by atoms with Gasteiger partial charge in [0.25, 0.3) is 0 Å². The van der Waals surface area contributed by atoms with E-state index in [2.05, 4.69) is 0 Å². The van der Waals surface area contributed by atoms with E-state index in [-0.39, 0.29) is 9.13 Å². The highest BCUT2D eigenvalue weighted by molar-refractivity contribution is 14.1. The van der Waals surface area contributed by atoms with Crippen molar-refractivity contribution in [3.63, 3.8) is 0 Å². The van der Waals surface area contributed by atoms with E-state index in [9.17, 15) is 12.3 Å². The molecule has 0 heterocycles. The fraction of sp³-hybridized carbons (Fsp3) is 0. The van der Waals surface area contributed by atoms with Gasteiger partial charge in [0, 0.05) is 10.8 Å². The fourth-order valence-electron chi connectivity index (χ4n) is 1.53. The molecular formula is C11H6FIO3. The average Bonchev–Trinajstić information content (AvgIpc) is 2.27. The second kappa shape index (κ2) is 4.25. The molecule has 0 fully saturated rings. The molecular weight excluding hydrogens is 326 g/mol. The van der Waals surface area contributed by atoms with E-state index in [1.54, 1.807) is 6.07 Å². The van der Waals surface area contributed by atoms with Crippen LogP contribution in [0.15, 0.2) is 30.3 Å². The van der Waals surface area contributed by atoms with Crippen LogP contribution in [-0.2, 0) is 3.07 Å². The summed E-state index contributed by atoms with van der Waals surface area (Å²) >= 11 is -1.66. The largest absolute Gasteiger partial charge is 0.478 e. The molecule has 0 bridgehead atoms. The minimum atomic E-state index is -1.66. The highest BCUT2D eigenvalue weighted by Gasteiger charge is 2.14. The Balaban J connectivity index is 2.91. The maximum Gasteiger partial charge on any atom is 0.336 e. The van der Waals surface area contributed by atoms with Crippen molar-refractivity contribution in [2.45, 2.75) is 0 Å². The van der Waals surface area contributed by atoms with Crippen molar-refractivity contribution in [1.29, 1.82) is 0 Å². The molecule has 82 valence electrons. The predicted octanol–water partition coefficient (Wildman–Crippen LogP) is 3.16. The van der Waals surface area contributed by atoms with Crippen LogP contribution in [0.3, 0.4) is 0 Å². The summed E-state index contributed by atoms with van der Waals surface area (Å²) in [5, 5.41) is 9.63. The van der Waals surface area contributed by atoms with Gasteiger partial charge in [-0.05, 0) is 12.1 Å². The van der Waals surface area contributed by atoms with Crippen LogP contribution in [0.5, 0.6) is 0 Å². The number of benzene rings is 2. The molecule has 0 saturated carbocycles. The van der Waals surface area contributed by atoms with Gasteiger partial charge in [-0.2, -0.15) is 0 Å². The number of carboxylic acids is 1. The third kappa shape index (κ3) is 1.71. The van der Waals surface area contributed by atoms with E-state index in [0.29, 0.717) is 10.8 Å². The highest BCUT2D eigenvalue weighted by Crippen LogP contribution is 2.28. The van der Waals surface area contributed by atoms with E-state index in [0.717, 1.165) is 0 Å². The average molecular weight is 332 g/mol. The zero-order chi connectivity index (χ0) is 11.7. The molecule has 16 heavy (non-hydrogen) atoms. The molecule has 0 aliphatic carbocycles. The smallest absolute Gasteiger partial charge is 0.336 e. The van der Waals surface area contributed by atoms with Gasteiger partial charge in [0.2, 0.25) is 0 Å². The highest BCUT2D eigenvalue weighted by atomic mass is 127. The van der Waals surface area contributed by atoms with Crippen LogP contribution in [0.1, 0.15) is 10.4 Å². The Morgan fingerprint density at radius 3 is 2.56 bits per heavy atom. The Morgan fingerprint density at radius 1 is 1.19 bits per heavy atom. The SMILES string of the molecule is O=Ic1c(C(=O)O)ccc2c(F)cccc12. The van der Waals surface area contributed by atoms with Crippen LogP contribution in [-0.4, -0.2) is 11.1 Å². The molecule has 2 rings (SSSR count). The normalized spacial score (nSPS) is 10.6. The summed E-state index contributed by atoms with van der Waals surface area (Å²) in [6, 6.07) is 7.04. The molecule has 0 radical (unpaired) electrons. The molecule has 0 unspecified atom stereocenters. The lowest BCUT2D eigenvalue weighted by Crippen LogP contribution is -2.00. The summed E-state index contributed by atoms with van der Waals surface area (Å²) in [6.45, 7) is 0. The first kappa shape index (κ1) is 11.1. The summed E-state index contributed by atoms with van der Waals surface area (Å²) in [7, 11) is 0. The molecule has 0 aliphatic heterocycles. The van der Waals surface area contributed by atoms with Gasteiger partial charge in [-0.25, -0.2) is 9.18 Å². The first-order chi connectivity index (χ1) is 7.65. The summed E-state index contributed by atoms with van der Waals surface area (Å²) in [5.41, 5.74) is -0.0131. The van der Waals surface area contributed by atoms with E-state index in [1.165, 1.54) is 24.3 Å². The number of carbonyl (C=O) groups is 1. The predicted molar refractivity (Wildman–Crippen MR) is 64.3 cm³/mol. The summed E-state index contributed by atoms with van der Waals surface area (Å²) in [4.78, 5) is 10.9. The first-order valence-electron chi connectivity index (χ1n) is 4.36. The number of aromatic carboxylic acids is 1. The summed E-state index contributed by atoms with van der Waals surface area (Å²) < 4.78 is 24.7. The zero-order valence-corrected chi connectivity index (χ0v) is 10.1. The van der Waals surface area contributed by atoms with Gasteiger partial charge in [-0.15, -0.1) is 0 Å². The lowest BCUT2D eigenvalue weighted by molar-refractivity contribution is 0.0696. The third-order valence-electron chi connectivity index (χ3n) is 2.25. The maximum atomic E-state index is 13.4. The van der Waals surface area contributed by atoms with Crippen molar-refractivity contribution in [3.05, 3.63) is 45.3 Å². The van der Waals surface area contributed by atoms with E-state index in [1.807, 2.05) is 0 Å². The standard InChI is InChI=1S/C11H6FIO3/c12-9-3-1-2-7-6(9)4-5-8(11(14)15)10(7)13-16/h1-5H,(H,14,15). The van der Waals surface area contributed by atoms with E-state index >= 15 is 0 Å². The summed E-state index contributed by atoms with van der Waals surface area (Å²) in [5.74, 6) is -1.58.